The number of aromatic nitrogens is 4. The van der Waals surface area contributed by atoms with Gasteiger partial charge >= 0.3 is 0 Å². The van der Waals surface area contributed by atoms with E-state index in [1.807, 2.05) is 32.0 Å². The Morgan fingerprint density at radius 3 is 2.66 bits per heavy atom. The van der Waals surface area contributed by atoms with Crippen LogP contribution >= 0.6 is 0 Å². The van der Waals surface area contributed by atoms with Crippen molar-refractivity contribution >= 4 is 11.8 Å². The van der Waals surface area contributed by atoms with Gasteiger partial charge in [-0.3, -0.25) is 14.6 Å². The first kappa shape index (κ1) is 21.7. The van der Waals surface area contributed by atoms with Crippen LogP contribution in [0.1, 0.15) is 25.8 Å². The van der Waals surface area contributed by atoms with Crippen LogP contribution in [-0.4, -0.2) is 55.6 Å². The smallest absolute Gasteiger partial charge is 0.244 e. The molecule has 8 heteroatoms. The van der Waals surface area contributed by atoms with Gasteiger partial charge in [-0.2, -0.15) is 5.10 Å². The van der Waals surface area contributed by atoms with Crippen LogP contribution in [0, 0.1) is 5.41 Å². The molecule has 1 saturated heterocycles. The molecule has 0 spiro atoms. The summed E-state index contributed by atoms with van der Waals surface area (Å²) >= 11 is 0. The summed E-state index contributed by atoms with van der Waals surface area (Å²) in [6.07, 6.45) is 7.67. The molecular weight excluding hydrogens is 404 g/mol. The molecule has 3 heterocycles. The second kappa shape index (κ2) is 9.30. The van der Waals surface area contributed by atoms with Crippen LogP contribution in [0.15, 0.2) is 61.4 Å². The Bertz CT molecular complexity index is 1070. The predicted molar refractivity (Wildman–Crippen MR) is 120 cm³/mol. The second-order valence-corrected chi connectivity index (χ2v) is 8.68. The van der Waals surface area contributed by atoms with E-state index in [-0.39, 0.29) is 24.4 Å². The van der Waals surface area contributed by atoms with Crippen molar-refractivity contribution in [3.05, 3.63) is 67.0 Å². The predicted octanol–water partition coefficient (Wildman–Crippen LogP) is 2.33. The lowest BCUT2D eigenvalue weighted by Gasteiger charge is -2.29. The van der Waals surface area contributed by atoms with E-state index in [0.29, 0.717) is 25.9 Å². The summed E-state index contributed by atoms with van der Waals surface area (Å²) in [5, 5.41) is 7.10. The van der Waals surface area contributed by atoms with Gasteiger partial charge < -0.3 is 10.2 Å². The summed E-state index contributed by atoms with van der Waals surface area (Å²) in [5.74, 6) is -0.0573. The van der Waals surface area contributed by atoms with Crippen molar-refractivity contribution in [2.24, 2.45) is 5.41 Å². The maximum atomic E-state index is 13.3. The van der Waals surface area contributed by atoms with Gasteiger partial charge in [-0.1, -0.05) is 24.3 Å². The lowest BCUT2D eigenvalue weighted by atomic mass is 9.79. The standard InChI is InChI=1S/C24H28N6O2/c1-18(2)28-23(32)24(8-11-29(15-24)22(31)14-30-17-26-16-27-30)13-19-4-3-5-21(12-19)20-6-9-25-10-7-20/h3-7,9-10,12,16-18H,8,11,13-15H2,1-2H3,(H,28,32)/t24-/m0/s1. The van der Waals surface area contributed by atoms with Gasteiger partial charge in [0.15, 0.2) is 0 Å². The van der Waals surface area contributed by atoms with E-state index in [1.54, 1.807) is 17.3 Å². The number of pyridine rings is 1. The molecule has 2 aromatic heterocycles. The number of nitrogens with one attached hydrogen (secondary N) is 1. The molecule has 3 aromatic rings. The molecule has 1 N–H and O–H groups in total. The number of nitrogens with zero attached hydrogens (tertiary/aromatic N) is 5. The van der Waals surface area contributed by atoms with E-state index in [0.717, 1.165) is 16.7 Å². The normalized spacial score (nSPS) is 18.2. The van der Waals surface area contributed by atoms with Gasteiger partial charge in [0.05, 0.1) is 5.41 Å². The minimum Gasteiger partial charge on any atom is -0.353 e. The molecule has 32 heavy (non-hydrogen) atoms. The minimum atomic E-state index is -0.667. The molecule has 0 bridgehead atoms. The molecule has 1 aliphatic heterocycles. The van der Waals surface area contributed by atoms with Crippen LogP contribution in [0.4, 0.5) is 0 Å². The maximum absolute atomic E-state index is 13.3. The van der Waals surface area contributed by atoms with Gasteiger partial charge in [0.2, 0.25) is 11.8 Å². The van der Waals surface area contributed by atoms with Crippen LogP contribution < -0.4 is 5.32 Å². The van der Waals surface area contributed by atoms with E-state index < -0.39 is 5.41 Å². The van der Waals surface area contributed by atoms with Crippen molar-refractivity contribution < 1.29 is 9.59 Å². The van der Waals surface area contributed by atoms with Gasteiger partial charge in [0.1, 0.15) is 19.2 Å². The zero-order valence-corrected chi connectivity index (χ0v) is 18.4. The molecule has 1 atom stereocenters. The fraction of sp³-hybridized carbons (Fsp3) is 0.375. The first-order valence-electron chi connectivity index (χ1n) is 10.9. The first-order valence-corrected chi connectivity index (χ1v) is 10.9. The largest absolute Gasteiger partial charge is 0.353 e. The second-order valence-electron chi connectivity index (χ2n) is 8.68. The first-order chi connectivity index (χ1) is 15.4. The van der Waals surface area contributed by atoms with E-state index in [1.165, 1.54) is 17.3 Å². The monoisotopic (exact) mass is 432 g/mol. The summed E-state index contributed by atoms with van der Waals surface area (Å²) in [7, 11) is 0. The molecule has 8 nitrogen and oxygen atoms in total. The molecular formula is C24H28N6O2. The quantitative estimate of drug-likeness (QED) is 0.619. The number of amides is 2. The number of likely N-dealkylation sites (tertiary alicyclic amines) is 1. The van der Waals surface area contributed by atoms with E-state index >= 15 is 0 Å². The number of rotatable bonds is 7. The number of carbonyl (C=O) groups excluding carboxylic acids is 2. The van der Waals surface area contributed by atoms with Crippen molar-refractivity contribution in [1.29, 1.82) is 0 Å². The molecule has 0 aliphatic carbocycles. The molecule has 0 unspecified atom stereocenters. The van der Waals surface area contributed by atoms with Crippen molar-refractivity contribution in [1.82, 2.24) is 30.0 Å². The maximum Gasteiger partial charge on any atom is 0.244 e. The third kappa shape index (κ3) is 4.85. The van der Waals surface area contributed by atoms with E-state index in [4.69, 9.17) is 0 Å². The fourth-order valence-electron chi connectivity index (χ4n) is 4.26. The average molecular weight is 433 g/mol. The highest BCUT2D eigenvalue weighted by molar-refractivity contribution is 5.86. The van der Waals surface area contributed by atoms with Gasteiger partial charge in [-0.05, 0) is 55.5 Å². The Kier molecular flexibility index (Phi) is 6.30. The lowest BCUT2D eigenvalue weighted by molar-refractivity contribution is -0.134. The number of hydrogen-bond donors (Lipinski definition) is 1. The fourth-order valence-corrected chi connectivity index (χ4v) is 4.26. The van der Waals surface area contributed by atoms with Gasteiger partial charge in [-0.15, -0.1) is 0 Å². The van der Waals surface area contributed by atoms with Crippen LogP contribution in [0.5, 0.6) is 0 Å². The van der Waals surface area contributed by atoms with Crippen LogP contribution in [0.25, 0.3) is 11.1 Å². The number of hydrogen-bond acceptors (Lipinski definition) is 5. The third-order valence-electron chi connectivity index (χ3n) is 5.85. The summed E-state index contributed by atoms with van der Waals surface area (Å²) < 4.78 is 1.51. The summed E-state index contributed by atoms with van der Waals surface area (Å²) in [6.45, 7) is 4.97. The Balaban J connectivity index is 1.56. The molecule has 1 aromatic carbocycles. The Morgan fingerprint density at radius 1 is 1.12 bits per heavy atom. The minimum absolute atomic E-state index is 0.00197. The van der Waals surface area contributed by atoms with Gasteiger partial charge in [-0.25, -0.2) is 9.67 Å². The molecule has 1 fully saturated rings. The van der Waals surface area contributed by atoms with Crippen molar-refractivity contribution in [2.45, 2.75) is 39.3 Å². The Hall–Kier alpha value is -3.55. The molecule has 0 saturated carbocycles. The summed E-state index contributed by atoms with van der Waals surface area (Å²) in [6, 6.07) is 12.2. The summed E-state index contributed by atoms with van der Waals surface area (Å²) in [5.41, 5.74) is 2.57. The van der Waals surface area contributed by atoms with Crippen molar-refractivity contribution in [3.8, 4) is 11.1 Å². The molecule has 4 rings (SSSR count). The van der Waals surface area contributed by atoms with Crippen molar-refractivity contribution in [2.75, 3.05) is 13.1 Å². The Labute approximate surface area is 187 Å². The van der Waals surface area contributed by atoms with Crippen LogP contribution in [0.3, 0.4) is 0 Å². The number of carbonyl (C=O) groups is 2. The molecule has 0 radical (unpaired) electrons. The zero-order valence-electron chi connectivity index (χ0n) is 18.4. The molecule has 1 aliphatic rings. The lowest BCUT2D eigenvalue weighted by Crippen LogP contribution is -2.47. The Morgan fingerprint density at radius 2 is 1.94 bits per heavy atom. The number of benzene rings is 1. The van der Waals surface area contributed by atoms with Crippen LogP contribution in [0.2, 0.25) is 0 Å². The SMILES string of the molecule is CC(C)NC(=O)[C@]1(Cc2cccc(-c3ccncc3)c2)CCN(C(=O)Cn2cncn2)C1. The average Bonchev–Trinajstić information content (AvgIpc) is 3.45. The van der Waals surface area contributed by atoms with E-state index in [9.17, 15) is 9.59 Å². The van der Waals surface area contributed by atoms with E-state index in [2.05, 4.69) is 38.6 Å². The van der Waals surface area contributed by atoms with Gasteiger partial charge in [0, 0.05) is 31.5 Å². The highest BCUT2D eigenvalue weighted by Crippen LogP contribution is 2.36. The summed E-state index contributed by atoms with van der Waals surface area (Å²) in [4.78, 5) is 35.9. The zero-order chi connectivity index (χ0) is 22.6. The third-order valence-corrected chi connectivity index (χ3v) is 5.85. The van der Waals surface area contributed by atoms with Crippen molar-refractivity contribution in [3.63, 3.8) is 0 Å². The topological polar surface area (TPSA) is 93.0 Å². The van der Waals surface area contributed by atoms with Gasteiger partial charge in [0.25, 0.3) is 0 Å². The molecule has 2 amide bonds. The highest BCUT2D eigenvalue weighted by atomic mass is 16.2. The highest BCUT2D eigenvalue weighted by Gasteiger charge is 2.46. The van der Waals surface area contributed by atoms with Crippen LogP contribution in [-0.2, 0) is 22.6 Å². The molecule has 166 valence electrons.